The zero-order chi connectivity index (χ0) is 22.1. The number of piperidine rings is 1. The number of aromatic amines is 1. The Labute approximate surface area is 187 Å². The second-order valence-electron chi connectivity index (χ2n) is 8.42. The molecule has 1 saturated heterocycles. The molecule has 32 heavy (non-hydrogen) atoms. The zero-order valence-corrected chi connectivity index (χ0v) is 18.6. The van der Waals surface area contributed by atoms with Crippen molar-refractivity contribution in [2.45, 2.75) is 32.6 Å². The van der Waals surface area contributed by atoms with Gasteiger partial charge in [-0.05, 0) is 43.9 Å². The van der Waals surface area contributed by atoms with Crippen LogP contribution in [0, 0.1) is 6.92 Å². The van der Waals surface area contributed by atoms with Gasteiger partial charge < -0.3 is 9.64 Å². The van der Waals surface area contributed by atoms with Crippen molar-refractivity contribution in [1.82, 2.24) is 14.6 Å². The highest BCUT2D eigenvalue weighted by Crippen LogP contribution is 2.34. The SMILES string of the molecule is COc1cccc(Cc2c(C)nc3c(N4CCCCC4)c(-c4ccccc4)[nH]n3c2=O)c1. The molecule has 1 aliphatic heterocycles. The summed E-state index contributed by atoms with van der Waals surface area (Å²) in [5.41, 5.74) is 6.20. The highest BCUT2D eigenvalue weighted by Gasteiger charge is 2.24. The highest BCUT2D eigenvalue weighted by atomic mass is 16.5. The van der Waals surface area contributed by atoms with Crippen LogP contribution >= 0.6 is 0 Å². The number of aryl methyl sites for hydroxylation is 1. The quantitative estimate of drug-likeness (QED) is 0.505. The van der Waals surface area contributed by atoms with Crippen molar-refractivity contribution in [2.24, 2.45) is 0 Å². The first-order valence-corrected chi connectivity index (χ1v) is 11.2. The summed E-state index contributed by atoms with van der Waals surface area (Å²) in [5, 5.41) is 3.40. The molecule has 164 valence electrons. The van der Waals surface area contributed by atoms with Gasteiger partial charge in [0.2, 0.25) is 0 Å². The van der Waals surface area contributed by atoms with E-state index in [0.717, 1.165) is 59.9 Å². The van der Waals surface area contributed by atoms with E-state index in [0.29, 0.717) is 17.6 Å². The number of anilines is 1. The van der Waals surface area contributed by atoms with Crippen molar-refractivity contribution in [1.29, 1.82) is 0 Å². The van der Waals surface area contributed by atoms with Crippen LogP contribution in [-0.4, -0.2) is 34.8 Å². The van der Waals surface area contributed by atoms with Crippen LogP contribution in [0.3, 0.4) is 0 Å². The Morgan fingerprint density at radius 3 is 2.56 bits per heavy atom. The summed E-state index contributed by atoms with van der Waals surface area (Å²) in [4.78, 5) is 21.0. The monoisotopic (exact) mass is 428 g/mol. The minimum atomic E-state index is -0.0456. The molecule has 3 heterocycles. The van der Waals surface area contributed by atoms with Crippen molar-refractivity contribution in [3.05, 3.63) is 81.8 Å². The van der Waals surface area contributed by atoms with E-state index in [2.05, 4.69) is 22.1 Å². The molecule has 0 amide bonds. The molecule has 0 saturated carbocycles. The van der Waals surface area contributed by atoms with Crippen LogP contribution < -0.4 is 15.2 Å². The molecular formula is C26H28N4O2. The number of hydrogen-bond acceptors (Lipinski definition) is 4. The molecule has 0 unspecified atom stereocenters. The van der Waals surface area contributed by atoms with Gasteiger partial charge in [0.15, 0.2) is 5.65 Å². The third-order valence-electron chi connectivity index (χ3n) is 6.31. The number of hydrogen-bond donors (Lipinski definition) is 1. The maximum atomic E-state index is 13.6. The minimum Gasteiger partial charge on any atom is -0.497 e. The fourth-order valence-electron chi connectivity index (χ4n) is 4.61. The van der Waals surface area contributed by atoms with Crippen molar-refractivity contribution < 1.29 is 4.74 Å². The molecule has 0 spiro atoms. The summed E-state index contributed by atoms with van der Waals surface area (Å²) in [6.07, 6.45) is 4.07. The summed E-state index contributed by atoms with van der Waals surface area (Å²) in [5.74, 6) is 0.785. The first-order valence-electron chi connectivity index (χ1n) is 11.2. The fraction of sp³-hybridized carbons (Fsp3) is 0.308. The molecular weight excluding hydrogens is 400 g/mol. The Morgan fingerprint density at radius 1 is 1.03 bits per heavy atom. The van der Waals surface area contributed by atoms with Gasteiger partial charge in [0.1, 0.15) is 11.4 Å². The topological polar surface area (TPSA) is 62.6 Å². The molecule has 4 aromatic rings. The molecule has 6 nitrogen and oxygen atoms in total. The van der Waals surface area contributed by atoms with E-state index in [-0.39, 0.29) is 5.56 Å². The van der Waals surface area contributed by atoms with Crippen LogP contribution in [0.15, 0.2) is 59.4 Å². The molecule has 0 radical (unpaired) electrons. The normalized spacial score (nSPS) is 14.1. The van der Waals surface area contributed by atoms with Crippen molar-refractivity contribution in [2.75, 3.05) is 25.1 Å². The van der Waals surface area contributed by atoms with Crippen LogP contribution in [0.4, 0.5) is 5.69 Å². The summed E-state index contributed by atoms with van der Waals surface area (Å²) in [6, 6.07) is 18.0. The van der Waals surface area contributed by atoms with Crippen LogP contribution in [0.5, 0.6) is 5.75 Å². The van der Waals surface area contributed by atoms with Crippen molar-refractivity contribution >= 4 is 11.3 Å². The number of benzene rings is 2. The van der Waals surface area contributed by atoms with E-state index in [9.17, 15) is 4.79 Å². The second kappa shape index (κ2) is 8.54. The molecule has 1 fully saturated rings. The number of aromatic nitrogens is 3. The Bertz CT molecular complexity index is 1300. The Balaban J connectivity index is 1.67. The van der Waals surface area contributed by atoms with Crippen LogP contribution in [0.1, 0.15) is 36.1 Å². The molecule has 1 N–H and O–H groups in total. The van der Waals surface area contributed by atoms with E-state index < -0.39 is 0 Å². The van der Waals surface area contributed by atoms with Crippen molar-refractivity contribution in [3.8, 4) is 17.0 Å². The molecule has 2 aromatic heterocycles. The van der Waals surface area contributed by atoms with Crippen LogP contribution in [-0.2, 0) is 6.42 Å². The molecule has 0 atom stereocenters. The second-order valence-corrected chi connectivity index (χ2v) is 8.42. The molecule has 1 aliphatic rings. The number of H-pyrrole nitrogens is 1. The maximum absolute atomic E-state index is 13.6. The number of methoxy groups -OCH3 is 1. The van der Waals surface area contributed by atoms with Crippen molar-refractivity contribution in [3.63, 3.8) is 0 Å². The lowest BCUT2D eigenvalue weighted by molar-refractivity contribution is 0.414. The van der Waals surface area contributed by atoms with E-state index in [1.165, 1.54) is 6.42 Å². The van der Waals surface area contributed by atoms with Gasteiger partial charge in [0, 0.05) is 36.3 Å². The van der Waals surface area contributed by atoms with E-state index in [1.807, 2.05) is 49.4 Å². The fourth-order valence-corrected chi connectivity index (χ4v) is 4.61. The van der Waals surface area contributed by atoms with Crippen LogP contribution in [0.25, 0.3) is 16.9 Å². The molecule has 0 bridgehead atoms. The van der Waals surface area contributed by atoms with Crippen LogP contribution in [0.2, 0.25) is 0 Å². The van der Waals surface area contributed by atoms with Gasteiger partial charge in [0.05, 0.1) is 12.8 Å². The first kappa shape index (κ1) is 20.4. The van der Waals surface area contributed by atoms with Gasteiger partial charge in [0.25, 0.3) is 5.56 Å². The minimum absolute atomic E-state index is 0.0456. The lowest BCUT2D eigenvalue weighted by Gasteiger charge is -2.28. The predicted molar refractivity (Wildman–Crippen MR) is 128 cm³/mol. The lowest BCUT2D eigenvalue weighted by atomic mass is 10.0. The summed E-state index contributed by atoms with van der Waals surface area (Å²) >= 11 is 0. The first-order chi connectivity index (χ1) is 15.7. The number of rotatable bonds is 5. The standard InChI is InChI=1S/C26H28N4O2/c1-18-22(17-19-10-9-13-21(16-19)32-2)26(31)30-25(27-18)24(29-14-7-4-8-15-29)23(28-30)20-11-5-3-6-12-20/h3,5-6,9-13,16,28H,4,7-8,14-15,17H2,1-2H3. The van der Waals surface area contributed by atoms with E-state index >= 15 is 0 Å². The third-order valence-corrected chi connectivity index (χ3v) is 6.31. The lowest BCUT2D eigenvalue weighted by Crippen LogP contribution is -2.30. The van der Waals surface area contributed by atoms with Gasteiger partial charge in [-0.1, -0.05) is 42.5 Å². The van der Waals surface area contributed by atoms with Gasteiger partial charge in [-0.15, -0.1) is 0 Å². The van der Waals surface area contributed by atoms with Gasteiger partial charge >= 0.3 is 0 Å². The summed E-state index contributed by atoms with van der Waals surface area (Å²) in [6.45, 7) is 3.90. The van der Waals surface area contributed by atoms with Gasteiger partial charge in [-0.2, -0.15) is 4.52 Å². The Hall–Kier alpha value is -3.54. The Morgan fingerprint density at radius 2 is 1.81 bits per heavy atom. The number of nitrogens with one attached hydrogen (secondary N) is 1. The summed E-state index contributed by atoms with van der Waals surface area (Å²) in [7, 11) is 1.65. The Kier molecular flexibility index (Phi) is 5.43. The zero-order valence-electron chi connectivity index (χ0n) is 18.6. The largest absolute Gasteiger partial charge is 0.497 e. The average molecular weight is 429 g/mol. The van der Waals surface area contributed by atoms with E-state index in [1.54, 1.807) is 11.6 Å². The molecule has 0 aliphatic carbocycles. The number of fused-ring (bicyclic) bond motifs is 1. The summed E-state index contributed by atoms with van der Waals surface area (Å²) < 4.78 is 6.98. The van der Waals surface area contributed by atoms with E-state index in [4.69, 9.17) is 9.72 Å². The highest BCUT2D eigenvalue weighted by molar-refractivity contribution is 5.86. The third kappa shape index (κ3) is 3.66. The predicted octanol–water partition coefficient (Wildman–Crippen LogP) is 4.59. The molecule has 2 aromatic carbocycles. The molecule has 5 rings (SSSR count). The van der Waals surface area contributed by atoms with Gasteiger partial charge in [-0.3, -0.25) is 9.89 Å². The average Bonchev–Trinajstić information content (AvgIpc) is 3.22. The number of nitrogens with zero attached hydrogens (tertiary/aromatic N) is 3. The molecule has 6 heteroatoms. The van der Waals surface area contributed by atoms with Gasteiger partial charge in [-0.25, -0.2) is 4.98 Å². The number of ether oxygens (including phenoxy) is 1. The smallest absolute Gasteiger partial charge is 0.276 e. The maximum Gasteiger partial charge on any atom is 0.276 e.